The van der Waals surface area contributed by atoms with Crippen molar-refractivity contribution in [2.45, 2.75) is 6.42 Å². The highest BCUT2D eigenvalue weighted by molar-refractivity contribution is 7.18. The predicted molar refractivity (Wildman–Crippen MR) is 64.9 cm³/mol. The third kappa shape index (κ3) is 2.28. The lowest BCUT2D eigenvalue weighted by molar-refractivity contribution is 0.100. The first-order valence-electron chi connectivity index (χ1n) is 5.20. The van der Waals surface area contributed by atoms with Crippen LogP contribution in [0, 0.1) is 0 Å². The minimum absolute atomic E-state index is 0.445. The second-order valence-electron chi connectivity index (χ2n) is 3.69. The standard InChI is InChI=1S/C10H15N3O2S/c11-7-6-8(16-9(7)10(12)14)13-2-1-4-15-5-3-13/h6H,1-5,11H2,(H2,12,14). The zero-order valence-electron chi connectivity index (χ0n) is 8.94. The van der Waals surface area contributed by atoms with Crippen molar-refractivity contribution >= 4 is 27.9 Å². The molecule has 1 amide bonds. The van der Waals surface area contributed by atoms with Crippen molar-refractivity contribution in [3.05, 3.63) is 10.9 Å². The fraction of sp³-hybridized carbons (Fsp3) is 0.500. The van der Waals surface area contributed by atoms with Crippen molar-refractivity contribution in [1.29, 1.82) is 0 Å². The average molecular weight is 241 g/mol. The number of nitrogen functional groups attached to an aromatic ring is 1. The molecule has 2 heterocycles. The van der Waals surface area contributed by atoms with E-state index in [1.807, 2.05) is 6.07 Å². The van der Waals surface area contributed by atoms with E-state index in [9.17, 15) is 4.79 Å². The lowest BCUT2D eigenvalue weighted by Crippen LogP contribution is -2.24. The highest BCUT2D eigenvalue weighted by atomic mass is 32.1. The van der Waals surface area contributed by atoms with Gasteiger partial charge in [-0.05, 0) is 12.5 Å². The summed E-state index contributed by atoms with van der Waals surface area (Å²) in [5.41, 5.74) is 11.4. The smallest absolute Gasteiger partial charge is 0.260 e. The molecule has 0 aliphatic carbocycles. The maximum Gasteiger partial charge on any atom is 0.260 e. The summed E-state index contributed by atoms with van der Waals surface area (Å²) in [5, 5.41) is 0.997. The topological polar surface area (TPSA) is 81.6 Å². The van der Waals surface area contributed by atoms with Crippen molar-refractivity contribution in [3.63, 3.8) is 0 Å². The summed E-state index contributed by atoms with van der Waals surface area (Å²) in [7, 11) is 0. The van der Waals surface area contributed by atoms with Gasteiger partial charge in [-0.15, -0.1) is 11.3 Å². The Morgan fingerprint density at radius 2 is 2.25 bits per heavy atom. The number of anilines is 2. The van der Waals surface area contributed by atoms with Crippen LogP contribution in [0.3, 0.4) is 0 Å². The fourth-order valence-electron chi connectivity index (χ4n) is 1.71. The molecular formula is C10H15N3O2S. The van der Waals surface area contributed by atoms with E-state index < -0.39 is 5.91 Å². The number of hydrogen-bond donors (Lipinski definition) is 2. The first kappa shape index (κ1) is 11.2. The molecule has 88 valence electrons. The summed E-state index contributed by atoms with van der Waals surface area (Å²) in [6.07, 6.45) is 0.990. The molecule has 4 N–H and O–H groups in total. The number of thiophene rings is 1. The van der Waals surface area contributed by atoms with Gasteiger partial charge in [0.1, 0.15) is 4.88 Å². The molecule has 1 fully saturated rings. The molecule has 16 heavy (non-hydrogen) atoms. The van der Waals surface area contributed by atoms with Crippen LogP contribution in [0.2, 0.25) is 0 Å². The molecule has 6 heteroatoms. The molecule has 1 saturated heterocycles. The normalized spacial score (nSPS) is 17.1. The van der Waals surface area contributed by atoms with Crippen molar-refractivity contribution in [2.75, 3.05) is 36.9 Å². The Bertz CT molecular complexity index is 383. The second kappa shape index (κ2) is 4.71. The predicted octanol–water partition coefficient (Wildman–Crippen LogP) is 0.656. The Balaban J connectivity index is 2.19. The monoisotopic (exact) mass is 241 g/mol. The fourth-order valence-corrected chi connectivity index (χ4v) is 2.69. The molecule has 0 unspecified atom stereocenters. The van der Waals surface area contributed by atoms with Gasteiger partial charge in [-0.25, -0.2) is 0 Å². The van der Waals surface area contributed by atoms with Crippen molar-refractivity contribution in [3.8, 4) is 0 Å². The van der Waals surface area contributed by atoms with Gasteiger partial charge in [-0.1, -0.05) is 0 Å². The van der Waals surface area contributed by atoms with E-state index in [0.717, 1.165) is 31.1 Å². The molecule has 0 aromatic carbocycles. The van der Waals surface area contributed by atoms with Gasteiger partial charge in [0.05, 0.1) is 17.3 Å². The number of amides is 1. The largest absolute Gasteiger partial charge is 0.397 e. The summed E-state index contributed by atoms with van der Waals surface area (Å²) >= 11 is 1.35. The van der Waals surface area contributed by atoms with Gasteiger partial charge < -0.3 is 21.1 Å². The quantitative estimate of drug-likeness (QED) is 0.796. The molecule has 1 aliphatic rings. The van der Waals surface area contributed by atoms with E-state index in [0.29, 0.717) is 17.2 Å². The highest BCUT2D eigenvalue weighted by Gasteiger charge is 2.16. The summed E-state index contributed by atoms with van der Waals surface area (Å²) in [6.45, 7) is 3.26. The third-order valence-corrected chi connectivity index (χ3v) is 3.73. The molecule has 0 spiro atoms. The van der Waals surface area contributed by atoms with Crippen molar-refractivity contribution < 1.29 is 9.53 Å². The molecular weight excluding hydrogens is 226 g/mol. The molecule has 0 atom stereocenters. The molecule has 0 saturated carbocycles. The Kier molecular flexibility index (Phi) is 3.31. The van der Waals surface area contributed by atoms with Crippen LogP contribution in [0.25, 0.3) is 0 Å². The molecule has 2 rings (SSSR count). The number of nitrogens with two attached hydrogens (primary N) is 2. The number of primary amides is 1. The van der Waals surface area contributed by atoms with Crippen LogP contribution < -0.4 is 16.4 Å². The molecule has 1 aromatic rings. The van der Waals surface area contributed by atoms with Gasteiger partial charge in [0.25, 0.3) is 5.91 Å². The first-order chi connectivity index (χ1) is 7.68. The van der Waals surface area contributed by atoms with Gasteiger partial charge in [0.2, 0.25) is 0 Å². The van der Waals surface area contributed by atoms with Crippen LogP contribution in [-0.4, -0.2) is 32.2 Å². The minimum Gasteiger partial charge on any atom is -0.397 e. The first-order valence-corrected chi connectivity index (χ1v) is 6.02. The zero-order chi connectivity index (χ0) is 11.5. The van der Waals surface area contributed by atoms with E-state index in [4.69, 9.17) is 16.2 Å². The summed E-state index contributed by atoms with van der Waals surface area (Å²) in [5.74, 6) is -0.458. The van der Waals surface area contributed by atoms with Crippen LogP contribution in [-0.2, 0) is 4.74 Å². The van der Waals surface area contributed by atoms with Gasteiger partial charge in [0.15, 0.2) is 0 Å². The summed E-state index contributed by atoms with van der Waals surface area (Å²) < 4.78 is 5.37. The molecule has 0 radical (unpaired) electrons. The van der Waals surface area contributed by atoms with E-state index in [-0.39, 0.29) is 0 Å². The van der Waals surface area contributed by atoms with Crippen LogP contribution in [0.4, 0.5) is 10.7 Å². The lowest BCUT2D eigenvalue weighted by Gasteiger charge is -2.19. The van der Waals surface area contributed by atoms with Crippen molar-refractivity contribution in [1.82, 2.24) is 0 Å². The van der Waals surface area contributed by atoms with Gasteiger partial charge in [-0.2, -0.15) is 0 Å². The van der Waals surface area contributed by atoms with Crippen LogP contribution >= 0.6 is 11.3 Å². The lowest BCUT2D eigenvalue weighted by atomic mass is 10.3. The van der Waals surface area contributed by atoms with E-state index in [1.165, 1.54) is 11.3 Å². The Hall–Kier alpha value is -1.27. The number of carbonyl (C=O) groups is 1. The summed E-state index contributed by atoms with van der Waals surface area (Å²) in [6, 6.07) is 1.82. The average Bonchev–Trinajstić information content (AvgIpc) is 2.50. The number of rotatable bonds is 2. The molecule has 1 aliphatic heterocycles. The Labute approximate surface area is 98.0 Å². The number of hydrogen-bond acceptors (Lipinski definition) is 5. The minimum atomic E-state index is -0.458. The zero-order valence-corrected chi connectivity index (χ0v) is 9.76. The van der Waals surface area contributed by atoms with E-state index >= 15 is 0 Å². The number of carbonyl (C=O) groups excluding carboxylic acids is 1. The maximum atomic E-state index is 11.1. The van der Waals surface area contributed by atoms with E-state index in [2.05, 4.69) is 4.90 Å². The van der Waals surface area contributed by atoms with E-state index in [1.54, 1.807) is 0 Å². The van der Waals surface area contributed by atoms with Gasteiger partial charge >= 0.3 is 0 Å². The highest BCUT2D eigenvalue weighted by Crippen LogP contribution is 2.32. The SMILES string of the molecule is NC(=O)c1sc(N2CCCOCC2)cc1N. The Morgan fingerprint density at radius 1 is 1.44 bits per heavy atom. The third-order valence-electron chi connectivity index (χ3n) is 2.51. The molecule has 0 bridgehead atoms. The van der Waals surface area contributed by atoms with Gasteiger partial charge in [-0.3, -0.25) is 4.79 Å². The molecule has 5 nitrogen and oxygen atoms in total. The summed E-state index contributed by atoms with van der Waals surface area (Å²) in [4.78, 5) is 13.7. The number of ether oxygens (including phenoxy) is 1. The van der Waals surface area contributed by atoms with Crippen LogP contribution in [0.1, 0.15) is 16.1 Å². The van der Waals surface area contributed by atoms with Crippen molar-refractivity contribution in [2.24, 2.45) is 5.73 Å². The number of nitrogens with zero attached hydrogens (tertiary/aromatic N) is 1. The second-order valence-corrected chi connectivity index (χ2v) is 4.72. The molecule has 1 aromatic heterocycles. The van der Waals surface area contributed by atoms with Crippen LogP contribution in [0.15, 0.2) is 6.07 Å². The van der Waals surface area contributed by atoms with Gasteiger partial charge in [0, 0.05) is 19.7 Å². The van der Waals surface area contributed by atoms with Crippen LogP contribution in [0.5, 0.6) is 0 Å². The Morgan fingerprint density at radius 3 is 2.94 bits per heavy atom. The maximum absolute atomic E-state index is 11.1.